The van der Waals surface area contributed by atoms with Gasteiger partial charge in [-0.3, -0.25) is 4.98 Å². The van der Waals surface area contributed by atoms with Crippen LogP contribution in [0, 0.1) is 0 Å². The van der Waals surface area contributed by atoms with Gasteiger partial charge in [0, 0.05) is 24.2 Å². The second-order valence-electron chi connectivity index (χ2n) is 4.16. The van der Waals surface area contributed by atoms with Crippen molar-refractivity contribution in [1.29, 1.82) is 0 Å². The van der Waals surface area contributed by atoms with E-state index in [1.807, 2.05) is 18.3 Å². The topological polar surface area (TPSA) is 45.1 Å². The Morgan fingerprint density at radius 1 is 1.29 bits per heavy atom. The van der Waals surface area contributed by atoms with Gasteiger partial charge in [-0.05, 0) is 18.1 Å². The van der Waals surface area contributed by atoms with E-state index in [1.54, 1.807) is 0 Å². The molecule has 0 spiro atoms. The normalized spacial score (nSPS) is 12.8. The van der Waals surface area contributed by atoms with Crippen molar-refractivity contribution in [3.05, 3.63) is 42.1 Å². The quantitative estimate of drug-likeness (QED) is 0.826. The molecule has 2 N–H and O–H groups in total. The van der Waals surface area contributed by atoms with Gasteiger partial charge in [-0.2, -0.15) is 0 Å². The Kier molecular flexibility index (Phi) is 4.07. The van der Waals surface area contributed by atoms with E-state index in [0.717, 1.165) is 23.9 Å². The second kappa shape index (κ2) is 5.75. The summed E-state index contributed by atoms with van der Waals surface area (Å²) in [5.41, 5.74) is 2.21. The predicted molar refractivity (Wildman–Crippen MR) is 69.7 cm³/mol. The number of nitrogens with one attached hydrogen (secondary N) is 1. The van der Waals surface area contributed by atoms with Crippen molar-refractivity contribution in [1.82, 2.24) is 10.3 Å². The molecule has 0 bridgehead atoms. The van der Waals surface area contributed by atoms with Crippen LogP contribution in [-0.4, -0.2) is 22.7 Å². The maximum Gasteiger partial charge on any atom is 0.0746 e. The van der Waals surface area contributed by atoms with Crippen LogP contribution in [0.2, 0.25) is 0 Å². The minimum atomic E-state index is 0.161. The molecule has 3 nitrogen and oxygen atoms in total. The van der Waals surface area contributed by atoms with E-state index in [9.17, 15) is 0 Å². The first kappa shape index (κ1) is 12.0. The third-order valence-electron chi connectivity index (χ3n) is 3.01. The minimum absolute atomic E-state index is 0.161. The summed E-state index contributed by atoms with van der Waals surface area (Å²) in [5.74, 6) is 0. The lowest BCUT2D eigenvalue weighted by Gasteiger charge is -2.14. The number of nitrogens with zero attached hydrogens (tertiary/aromatic N) is 1. The number of aromatic nitrogens is 1. The zero-order valence-electron chi connectivity index (χ0n) is 10.1. The Bertz CT molecular complexity index is 475. The van der Waals surface area contributed by atoms with Crippen molar-refractivity contribution < 1.29 is 5.11 Å². The lowest BCUT2D eigenvalue weighted by atomic mass is 10.1. The predicted octanol–water partition coefficient (Wildman–Crippen LogP) is 2.10. The number of pyridine rings is 1. The zero-order valence-corrected chi connectivity index (χ0v) is 10.1. The smallest absolute Gasteiger partial charge is 0.0746 e. The van der Waals surface area contributed by atoms with Gasteiger partial charge in [0.15, 0.2) is 0 Å². The first-order valence-corrected chi connectivity index (χ1v) is 6.02. The molecule has 0 saturated carbocycles. The van der Waals surface area contributed by atoms with Crippen molar-refractivity contribution in [2.45, 2.75) is 25.9 Å². The highest BCUT2D eigenvalue weighted by atomic mass is 16.3. The van der Waals surface area contributed by atoms with Crippen LogP contribution < -0.4 is 5.32 Å². The number of fused-ring (bicyclic) bond motifs is 1. The van der Waals surface area contributed by atoms with Gasteiger partial charge in [0.05, 0.1) is 12.1 Å². The summed E-state index contributed by atoms with van der Waals surface area (Å²) in [6, 6.07) is 10.4. The summed E-state index contributed by atoms with van der Waals surface area (Å²) in [5, 5.41) is 13.6. The van der Waals surface area contributed by atoms with Crippen LogP contribution in [0.25, 0.3) is 10.9 Å². The van der Waals surface area contributed by atoms with Crippen LogP contribution in [0.1, 0.15) is 18.9 Å². The molecule has 2 aromatic rings. The monoisotopic (exact) mass is 230 g/mol. The molecule has 1 atom stereocenters. The molecule has 90 valence electrons. The number of para-hydroxylation sites is 1. The lowest BCUT2D eigenvalue weighted by molar-refractivity contribution is 0.238. The maximum absolute atomic E-state index is 9.14. The molecule has 0 radical (unpaired) electrons. The fraction of sp³-hybridized carbons (Fsp3) is 0.357. The molecule has 0 aliphatic heterocycles. The van der Waals surface area contributed by atoms with Gasteiger partial charge in [0.1, 0.15) is 0 Å². The van der Waals surface area contributed by atoms with Crippen molar-refractivity contribution in [3.63, 3.8) is 0 Å². The van der Waals surface area contributed by atoms with E-state index >= 15 is 0 Å². The Labute approximate surface area is 102 Å². The van der Waals surface area contributed by atoms with Crippen LogP contribution in [0.5, 0.6) is 0 Å². The van der Waals surface area contributed by atoms with Crippen molar-refractivity contribution in [2.75, 3.05) is 6.61 Å². The Morgan fingerprint density at radius 3 is 2.88 bits per heavy atom. The molecule has 1 aromatic carbocycles. The summed E-state index contributed by atoms with van der Waals surface area (Å²) in [4.78, 5) is 4.41. The molecule has 0 aliphatic carbocycles. The van der Waals surface area contributed by atoms with Crippen LogP contribution in [-0.2, 0) is 6.54 Å². The first-order chi connectivity index (χ1) is 8.35. The van der Waals surface area contributed by atoms with Gasteiger partial charge in [-0.25, -0.2) is 0 Å². The van der Waals surface area contributed by atoms with Crippen LogP contribution in [0.3, 0.4) is 0 Å². The van der Waals surface area contributed by atoms with E-state index < -0.39 is 0 Å². The van der Waals surface area contributed by atoms with Crippen molar-refractivity contribution in [3.8, 4) is 0 Å². The average Bonchev–Trinajstić information content (AvgIpc) is 2.40. The van der Waals surface area contributed by atoms with E-state index in [2.05, 4.69) is 35.4 Å². The summed E-state index contributed by atoms with van der Waals surface area (Å²) >= 11 is 0. The third-order valence-corrected chi connectivity index (χ3v) is 3.01. The van der Waals surface area contributed by atoms with E-state index in [4.69, 9.17) is 5.11 Å². The number of benzene rings is 1. The van der Waals surface area contributed by atoms with Gasteiger partial charge >= 0.3 is 0 Å². The summed E-state index contributed by atoms with van der Waals surface area (Å²) in [6.45, 7) is 2.98. The van der Waals surface area contributed by atoms with E-state index in [1.165, 1.54) is 5.56 Å². The summed E-state index contributed by atoms with van der Waals surface area (Å²) in [7, 11) is 0. The van der Waals surface area contributed by atoms with Crippen LogP contribution in [0.4, 0.5) is 0 Å². The molecule has 1 heterocycles. The first-order valence-electron chi connectivity index (χ1n) is 6.02. The van der Waals surface area contributed by atoms with Gasteiger partial charge in [-0.1, -0.05) is 31.2 Å². The number of aliphatic hydroxyl groups is 1. The molecular weight excluding hydrogens is 212 g/mol. The Balaban J connectivity index is 2.18. The molecule has 0 saturated heterocycles. The molecular formula is C14H18N2O. The molecule has 17 heavy (non-hydrogen) atoms. The lowest BCUT2D eigenvalue weighted by Crippen LogP contribution is -2.31. The number of hydrogen-bond donors (Lipinski definition) is 2. The molecule has 0 unspecified atom stereocenters. The standard InChI is InChI=1S/C14H18N2O/c1-2-13(10-17)16-9-12-6-3-5-11-7-4-8-15-14(11)12/h3-8,13,16-17H,2,9-10H2,1H3/t13-/m1/s1. The van der Waals surface area contributed by atoms with Crippen molar-refractivity contribution in [2.24, 2.45) is 0 Å². The van der Waals surface area contributed by atoms with Gasteiger partial charge < -0.3 is 10.4 Å². The van der Waals surface area contributed by atoms with Gasteiger partial charge in [0.2, 0.25) is 0 Å². The largest absolute Gasteiger partial charge is 0.395 e. The van der Waals surface area contributed by atoms with E-state index in [0.29, 0.717) is 0 Å². The highest BCUT2D eigenvalue weighted by Gasteiger charge is 2.05. The molecule has 1 aromatic heterocycles. The van der Waals surface area contributed by atoms with Crippen LogP contribution >= 0.6 is 0 Å². The maximum atomic E-state index is 9.14. The van der Waals surface area contributed by atoms with Gasteiger partial charge in [0.25, 0.3) is 0 Å². The van der Waals surface area contributed by atoms with Gasteiger partial charge in [-0.15, -0.1) is 0 Å². The second-order valence-corrected chi connectivity index (χ2v) is 4.16. The number of rotatable bonds is 5. The van der Waals surface area contributed by atoms with Crippen molar-refractivity contribution >= 4 is 10.9 Å². The molecule has 3 heteroatoms. The molecule has 2 rings (SSSR count). The average molecular weight is 230 g/mol. The minimum Gasteiger partial charge on any atom is -0.395 e. The fourth-order valence-electron chi connectivity index (χ4n) is 1.90. The molecule has 0 amide bonds. The molecule has 0 fully saturated rings. The summed E-state index contributed by atoms with van der Waals surface area (Å²) < 4.78 is 0. The number of aliphatic hydroxyl groups excluding tert-OH is 1. The summed E-state index contributed by atoms with van der Waals surface area (Å²) in [6.07, 6.45) is 2.74. The Morgan fingerprint density at radius 2 is 2.12 bits per heavy atom. The highest BCUT2D eigenvalue weighted by Crippen LogP contribution is 2.15. The zero-order chi connectivity index (χ0) is 12.1. The van der Waals surface area contributed by atoms with E-state index in [-0.39, 0.29) is 12.6 Å². The Hall–Kier alpha value is -1.45. The molecule has 0 aliphatic rings. The van der Waals surface area contributed by atoms with Crippen LogP contribution in [0.15, 0.2) is 36.5 Å². The highest BCUT2D eigenvalue weighted by molar-refractivity contribution is 5.81. The SMILES string of the molecule is CC[C@H](CO)NCc1cccc2cccnc12. The fourth-order valence-corrected chi connectivity index (χ4v) is 1.90. The number of hydrogen-bond acceptors (Lipinski definition) is 3. The third kappa shape index (κ3) is 2.81.